The van der Waals surface area contributed by atoms with Crippen molar-refractivity contribution in [3.63, 3.8) is 0 Å². The van der Waals surface area contributed by atoms with Gasteiger partial charge in [-0.2, -0.15) is 5.10 Å². The second-order valence-corrected chi connectivity index (χ2v) is 5.92. The largest absolute Gasteiger partial charge is 0.309 e. The first-order chi connectivity index (χ1) is 9.22. The number of thiophene rings is 1. The fraction of sp³-hybridized carbons (Fsp3) is 0.571. The number of hydrogen-bond acceptors (Lipinski definition) is 4. The van der Waals surface area contributed by atoms with Crippen molar-refractivity contribution in [2.24, 2.45) is 0 Å². The minimum absolute atomic E-state index is 0.335. The lowest BCUT2D eigenvalue weighted by atomic mass is 10.1. The van der Waals surface area contributed by atoms with Crippen molar-refractivity contribution in [3.05, 3.63) is 34.5 Å². The molecule has 4 nitrogen and oxygen atoms in total. The number of aromatic nitrogens is 3. The van der Waals surface area contributed by atoms with Crippen LogP contribution in [0.2, 0.25) is 0 Å². The third-order valence-electron chi connectivity index (χ3n) is 3.05. The van der Waals surface area contributed by atoms with E-state index in [0.29, 0.717) is 12.1 Å². The first-order valence-corrected chi connectivity index (χ1v) is 7.75. The van der Waals surface area contributed by atoms with Gasteiger partial charge in [-0.25, -0.2) is 9.67 Å². The highest BCUT2D eigenvalue weighted by atomic mass is 32.1. The first kappa shape index (κ1) is 14.2. The zero-order valence-corrected chi connectivity index (χ0v) is 12.7. The summed E-state index contributed by atoms with van der Waals surface area (Å²) >= 11 is 1.80. The summed E-state index contributed by atoms with van der Waals surface area (Å²) in [6, 6.07) is 4.98. The van der Waals surface area contributed by atoms with Crippen molar-refractivity contribution in [1.29, 1.82) is 0 Å². The SMILES string of the molecule is CCCNC(Cc1ncnn1C(C)C)c1cccs1. The monoisotopic (exact) mass is 278 g/mol. The molecule has 0 radical (unpaired) electrons. The van der Waals surface area contributed by atoms with Gasteiger partial charge in [0, 0.05) is 23.4 Å². The molecule has 0 saturated carbocycles. The molecule has 2 rings (SSSR count). The summed E-state index contributed by atoms with van der Waals surface area (Å²) in [7, 11) is 0. The Balaban J connectivity index is 2.13. The summed E-state index contributed by atoms with van der Waals surface area (Å²) < 4.78 is 2.01. The van der Waals surface area contributed by atoms with Crippen LogP contribution in [0.3, 0.4) is 0 Å². The van der Waals surface area contributed by atoms with Gasteiger partial charge in [-0.05, 0) is 38.3 Å². The molecule has 0 spiro atoms. The van der Waals surface area contributed by atoms with Gasteiger partial charge in [0.1, 0.15) is 12.2 Å². The minimum Gasteiger partial charge on any atom is -0.309 e. The summed E-state index contributed by atoms with van der Waals surface area (Å²) in [6.45, 7) is 7.49. The fourth-order valence-electron chi connectivity index (χ4n) is 2.12. The highest BCUT2D eigenvalue weighted by Gasteiger charge is 2.17. The molecular formula is C14H22N4S. The molecule has 2 heterocycles. The first-order valence-electron chi connectivity index (χ1n) is 6.87. The van der Waals surface area contributed by atoms with Gasteiger partial charge in [0.25, 0.3) is 0 Å². The van der Waals surface area contributed by atoms with Crippen molar-refractivity contribution in [2.75, 3.05) is 6.54 Å². The van der Waals surface area contributed by atoms with Crippen LogP contribution >= 0.6 is 11.3 Å². The lowest BCUT2D eigenvalue weighted by molar-refractivity contribution is 0.466. The molecule has 0 fully saturated rings. The summed E-state index contributed by atoms with van der Waals surface area (Å²) in [5.74, 6) is 1.05. The van der Waals surface area contributed by atoms with E-state index in [1.807, 2.05) is 4.68 Å². The predicted octanol–water partition coefficient (Wildman–Crippen LogP) is 3.20. The maximum Gasteiger partial charge on any atom is 0.138 e. The van der Waals surface area contributed by atoms with Gasteiger partial charge in [0.2, 0.25) is 0 Å². The molecule has 19 heavy (non-hydrogen) atoms. The van der Waals surface area contributed by atoms with Gasteiger partial charge in [-0.1, -0.05) is 13.0 Å². The second-order valence-electron chi connectivity index (χ2n) is 4.94. The summed E-state index contributed by atoms with van der Waals surface area (Å²) in [4.78, 5) is 5.78. The maximum absolute atomic E-state index is 4.41. The molecule has 1 N–H and O–H groups in total. The molecule has 0 saturated heterocycles. The van der Waals surface area contributed by atoms with E-state index in [1.54, 1.807) is 17.7 Å². The third kappa shape index (κ3) is 3.64. The molecule has 0 bridgehead atoms. The van der Waals surface area contributed by atoms with Crippen molar-refractivity contribution in [2.45, 2.75) is 45.7 Å². The van der Waals surface area contributed by atoms with Gasteiger partial charge in [0.15, 0.2) is 0 Å². The highest BCUT2D eigenvalue weighted by Crippen LogP contribution is 2.23. The Morgan fingerprint density at radius 1 is 1.42 bits per heavy atom. The Morgan fingerprint density at radius 3 is 2.89 bits per heavy atom. The molecule has 2 aromatic heterocycles. The molecule has 5 heteroatoms. The lowest BCUT2D eigenvalue weighted by Gasteiger charge is -2.18. The van der Waals surface area contributed by atoms with Crippen molar-refractivity contribution < 1.29 is 0 Å². The Kier molecular flexibility index (Phi) is 5.10. The van der Waals surface area contributed by atoms with Crippen molar-refractivity contribution >= 4 is 11.3 Å². The Morgan fingerprint density at radius 2 is 2.26 bits per heavy atom. The van der Waals surface area contributed by atoms with Crippen LogP contribution in [0, 0.1) is 0 Å². The smallest absolute Gasteiger partial charge is 0.138 e. The van der Waals surface area contributed by atoms with Gasteiger partial charge in [-0.15, -0.1) is 11.3 Å². The fourth-order valence-corrected chi connectivity index (χ4v) is 2.92. The quantitative estimate of drug-likeness (QED) is 0.845. The van der Waals surface area contributed by atoms with E-state index in [4.69, 9.17) is 0 Å². The summed E-state index contributed by atoms with van der Waals surface area (Å²) in [6.07, 6.45) is 3.68. The van der Waals surface area contributed by atoms with E-state index < -0.39 is 0 Å². The van der Waals surface area contributed by atoms with Crippen LogP contribution in [0.15, 0.2) is 23.8 Å². The minimum atomic E-state index is 0.335. The topological polar surface area (TPSA) is 42.7 Å². The van der Waals surface area contributed by atoms with Crippen LogP contribution in [0.4, 0.5) is 0 Å². The molecule has 104 valence electrons. The molecule has 0 aliphatic rings. The molecular weight excluding hydrogens is 256 g/mol. The van der Waals surface area contributed by atoms with Crippen LogP contribution in [0.25, 0.3) is 0 Å². The average molecular weight is 278 g/mol. The summed E-state index contributed by atoms with van der Waals surface area (Å²) in [5.41, 5.74) is 0. The van der Waals surface area contributed by atoms with Crippen LogP contribution in [0.5, 0.6) is 0 Å². The number of nitrogens with one attached hydrogen (secondary N) is 1. The second kappa shape index (κ2) is 6.82. The molecule has 2 aromatic rings. The number of nitrogens with zero attached hydrogens (tertiary/aromatic N) is 3. The Bertz CT molecular complexity index is 475. The molecule has 1 unspecified atom stereocenters. The number of hydrogen-bond donors (Lipinski definition) is 1. The molecule has 0 aliphatic heterocycles. The Hall–Kier alpha value is -1.20. The summed E-state index contributed by atoms with van der Waals surface area (Å²) in [5, 5.41) is 10.0. The maximum atomic E-state index is 4.41. The lowest BCUT2D eigenvalue weighted by Crippen LogP contribution is -2.25. The van der Waals surface area contributed by atoms with Gasteiger partial charge < -0.3 is 5.32 Å². The highest BCUT2D eigenvalue weighted by molar-refractivity contribution is 7.10. The van der Waals surface area contributed by atoms with Crippen LogP contribution in [-0.4, -0.2) is 21.3 Å². The third-order valence-corrected chi connectivity index (χ3v) is 4.04. The van der Waals surface area contributed by atoms with Gasteiger partial charge in [0.05, 0.1) is 0 Å². The molecule has 0 amide bonds. The zero-order chi connectivity index (χ0) is 13.7. The zero-order valence-electron chi connectivity index (χ0n) is 11.8. The van der Waals surface area contributed by atoms with Gasteiger partial charge in [-0.3, -0.25) is 0 Å². The van der Waals surface area contributed by atoms with Crippen LogP contribution in [-0.2, 0) is 6.42 Å². The van der Waals surface area contributed by atoms with E-state index in [2.05, 4.69) is 53.7 Å². The predicted molar refractivity (Wildman–Crippen MR) is 79.5 cm³/mol. The Labute approximate surface area is 118 Å². The molecule has 0 aromatic carbocycles. The van der Waals surface area contributed by atoms with E-state index >= 15 is 0 Å². The van der Waals surface area contributed by atoms with E-state index in [9.17, 15) is 0 Å². The van der Waals surface area contributed by atoms with Crippen molar-refractivity contribution in [1.82, 2.24) is 20.1 Å². The molecule has 0 aliphatic carbocycles. The number of rotatable bonds is 7. The van der Waals surface area contributed by atoms with E-state index in [0.717, 1.165) is 25.2 Å². The van der Waals surface area contributed by atoms with Crippen molar-refractivity contribution in [3.8, 4) is 0 Å². The molecule has 1 atom stereocenters. The van der Waals surface area contributed by atoms with E-state index in [-0.39, 0.29) is 0 Å². The van der Waals surface area contributed by atoms with Crippen LogP contribution in [0.1, 0.15) is 50.0 Å². The van der Waals surface area contributed by atoms with Gasteiger partial charge >= 0.3 is 0 Å². The standard InChI is InChI=1S/C14H22N4S/c1-4-7-15-12(13-6-5-8-19-13)9-14-16-10-17-18(14)11(2)3/h5-6,8,10-12,15H,4,7,9H2,1-3H3. The normalized spacial score (nSPS) is 13.1. The van der Waals surface area contributed by atoms with Crippen LogP contribution < -0.4 is 5.32 Å². The average Bonchev–Trinajstić information content (AvgIpc) is 3.04. The van der Waals surface area contributed by atoms with E-state index in [1.165, 1.54) is 4.88 Å².